The van der Waals surface area contributed by atoms with E-state index in [1.54, 1.807) is 25.6 Å². The van der Waals surface area contributed by atoms with Crippen LogP contribution in [0.3, 0.4) is 0 Å². The molecule has 0 spiro atoms. The molecule has 1 aromatic heterocycles. The number of aromatic nitrogens is 1. The summed E-state index contributed by atoms with van der Waals surface area (Å²) in [4.78, 5) is 6.89. The molecule has 17 heavy (non-hydrogen) atoms. The van der Waals surface area contributed by atoms with Crippen molar-refractivity contribution in [1.82, 2.24) is 9.88 Å². The van der Waals surface area contributed by atoms with E-state index in [-0.39, 0.29) is 0 Å². The molecule has 0 aliphatic carbocycles. The molecule has 1 rings (SSSR count). The first-order chi connectivity index (χ1) is 8.30. The van der Waals surface area contributed by atoms with Crippen molar-refractivity contribution in [1.29, 1.82) is 0 Å². The van der Waals surface area contributed by atoms with Crippen LogP contribution in [0.15, 0.2) is 5.38 Å². The van der Waals surface area contributed by atoms with Crippen LogP contribution in [0, 0.1) is 0 Å². The number of hydrogen-bond acceptors (Lipinski definition) is 5. The highest BCUT2D eigenvalue weighted by atomic mass is 32.1. The van der Waals surface area contributed by atoms with Gasteiger partial charge >= 0.3 is 0 Å². The van der Waals surface area contributed by atoms with E-state index >= 15 is 0 Å². The molecule has 5 heteroatoms. The minimum absolute atomic E-state index is 0.745. The average molecular weight is 258 g/mol. The van der Waals surface area contributed by atoms with Gasteiger partial charge in [0.05, 0.1) is 23.9 Å². The monoisotopic (exact) mass is 258 g/mol. The number of ether oxygens (including phenoxy) is 2. The molecule has 1 heterocycles. The van der Waals surface area contributed by atoms with Crippen LogP contribution < -0.4 is 0 Å². The molecule has 0 bridgehead atoms. The number of methoxy groups -OCH3 is 2. The smallest absolute Gasteiger partial charge is 0.0926 e. The first-order valence-corrected chi connectivity index (χ1v) is 6.81. The molecule has 0 aliphatic rings. The van der Waals surface area contributed by atoms with Gasteiger partial charge in [0.15, 0.2) is 0 Å². The Hall–Kier alpha value is -0.490. The van der Waals surface area contributed by atoms with Crippen molar-refractivity contribution in [3.63, 3.8) is 0 Å². The van der Waals surface area contributed by atoms with Crippen LogP contribution in [0.2, 0.25) is 0 Å². The highest BCUT2D eigenvalue weighted by Gasteiger charge is 2.08. The fraction of sp³-hybridized carbons (Fsp3) is 0.750. The maximum Gasteiger partial charge on any atom is 0.0926 e. The molecule has 0 saturated heterocycles. The van der Waals surface area contributed by atoms with Gasteiger partial charge in [-0.15, -0.1) is 11.3 Å². The Kier molecular flexibility index (Phi) is 7.35. The Morgan fingerprint density at radius 3 is 2.35 bits per heavy atom. The molecular weight excluding hydrogens is 236 g/mol. The molecule has 1 aromatic rings. The van der Waals surface area contributed by atoms with Gasteiger partial charge in [-0.3, -0.25) is 4.90 Å². The van der Waals surface area contributed by atoms with Gasteiger partial charge in [0, 0.05) is 39.2 Å². The van der Waals surface area contributed by atoms with Crippen molar-refractivity contribution in [2.24, 2.45) is 0 Å². The predicted molar refractivity (Wildman–Crippen MR) is 70.5 cm³/mol. The normalized spacial score (nSPS) is 11.3. The lowest BCUT2D eigenvalue weighted by Gasteiger charge is -2.20. The van der Waals surface area contributed by atoms with E-state index in [2.05, 4.69) is 22.2 Å². The van der Waals surface area contributed by atoms with Gasteiger partial charge in [-0.2, -0.15) is 0 Å². The average Bonchev–Trinajstić information content (AvgIpc) is 2.80. The van der Waals surface area contributed by atoms with E-state index in [1.165, 1.54) is 5.01 Å². The van der Waals surface area contributed by atoms with Crippen molar-refractivity contribution in [2.45, 2.75) is 19.9 Å². The highest BCUT2D eigenvalue weighted by molar-refractivity contribution is 7.09. The fourth-order valence-electron chi connectivity index (χ4n) is 1.52. The Balaban J connectivity index is 2.45. The second-order valence-corrected chi connectivity index (χ2v) is 4.79. The Labute approximate surface area is 108 Å². The van der Waals surface area contributed by atoms with E-state index in [9.17, 15) is 0 Å². The van der Waals surface area contributed by atoms with Crippen molar-refractivity contribution >= 4 is 11.3 Å². The van der Waals surface area contributed by atoms with E-state index in [1.807, 2.05) is 0 Å². The van der Waals surface area contributed by atoms with Crippen LogP contribution in [-0.2, 0) is 22.4 Å². The fourth-order valence-corrected chi connectivity index (χ4v) is 2.26. The summed E-state index contributed by atoms with van der Waals surface area (Å²) < 4.78 is 10.2. The largest absolute Gasteiger partial charge is 0.383 e. The summed E-state index contributed by atoms with van der Waals surface area (Å²) >= 11 is 1.74. The van der Waals surface area contributed by atoms with Crippen LogP contribution in [0.4, 0.5) is 0 Å². The van der Waals surface area contributed by atoms with Crippen LogP contribution >= 0.6 is 11.3 Å². The minimum Gasteiger partial charge on any atom is -0.383 e. The maximum absolute atomic E-state index is 5.12. The number of thiazole rings is 1. The Bertz CT molecular complexity index is 296. The molecule has 0 radical (unpaired) electrons. The lowest BCUT2D eigenvalue weighted by Crippen LogP contribution is -2.30. The highest BCUT2D eigenvalue weighted by Crippen LogP contribution is 2.12. The summed E-state index contributed by atoms with van der Waals surface area (Å²) in [5.41, 5.74) is 1.15. The van der Waals surface area contributed by atoms with Gasteiger partial charge in [-0.1, -0.05) is 6.92 Å². The third-order valence-corrected chi connectivity index (χ3v) is 3.55. The van der Waals surface area contributed by atoms with Crippen molar-refractivity contribution in [3.8, 4) is 0 Å². The maximum atomic E-state index is 5.12. The summed E-state index contributed by atoms with van der Waals surface area (Å²) in [6.07, 6.45) is 1.01. The van der Waals surface area contributed by atoms with Gasteiger partial charge in [0.25, 0.3) is 0 Å². The first kappa shape index (κ1) is 14.6. The summed E-state index contributed by atoms with van der Waals surface area (Å²) in [7, 11) is 3.46. The predicted octanol–water partition coefficient (Wildman–Crippen LogP) is 1.80. The van der Waals surface area contributed by atoms with Crippen LogP contribution in [0.25, 0.3) is 0 Å². The second-order valence-electron chi connectivity index (χ2n) is 3.85. The number of hydrogen-bond donors (Lipinski definition) is 0. The zero-order chi connectivity index (χ0) is 12.5. The zero-order valence-electron chi connectivity index (χ0n) is 10.9. The Morgan fingerprint density at radius 2 is 1.88 bits per heavy atom. The lowest BCUT2D eigenvalue weighted by atomic mass is 10.4. The summed E-state index contributed by atoms with van der Waals surface area (Å²) in [5, 5.41) is 3.35. The number of rotatable bonds is 9. The molecular formula is C12H22N2O2S. The molecule has 0 N–H and O–H groups in total. The first-order valence-electron chi connectivity index (χ1n) is 5.93. The minimum atomic E-state index is 0.745. The molecule has 0 unspecified atom stereocenters. The summed E-state index contributed by atoms with van der Waals surface area (Å²) in [5.74, 6) is 0. The second kappa shape index (κ2) is 8.58. The topological polar surface area (TPSA) is 34.6 Å². The summed E-state index contributed by atoms with van der Waals surface area (Å²) in [6, 6.07) is 0. The van der Waals surface area contributed by atoms with Gasteiger partial charge < -0.3 is 9.47 Å². The van der Waals surface area contributed by atoms with Crippen molar-refractivity contribution in [2.75, 3.05) is 40.5 Å². The van der Waals surface area contributed by atoms with Gasteiger partial charge in [0.2, 0.25) is 0 Å². The van der Waals surface area contributed by atoms with E-state index in [4.69, 9.17) is 9.47 Å². The Morgan fingerprint density at radius 1 is 1.24 bits per heavy atom. The third kappa shape index (κ3) is 5.59. The number of nitrogens with zero attached hydrogens (tertiary/aromatic N) is 2. The quantitative estimate of drug-likeness (QED) is 0.676. The lowest BCUT2D eigenvalue weighted by molar-refractivity contribution is 0.109. The molecule has 98 valence electrons. The third-order valence-electron chi connectivity index (χ3n) is 2.51. The molecule has 0 fully saturated rings. The van der Waals surface area contributed by atoms with Crippen LogP contribution in [0.1, 0.15) is 17.6 Å². The summed E-state index contributed by atoms with van der Waals surface area (Å²) in [6.45, 7) is 6.33. The van der Waals surface area contributed by atoms with Crippen LogP contribution in [0.5, 0.6) is 0 Å². The van der Waals surface area contributed by atoms with Crippen molar-refractivity contribution in [3.05, 3.63) is 16.1 Å². The standard InChI is InChI=1S/C12H22N2O2S/c1-4-12-13-11(10-17-12)9-14(5-7-15-2)6-8-16-3/h10H,4-9H2,1-3H3. The van der Waals surface area contributed by atoms with E-state index < -0.39 is 0 Å². The SMILES string of the molecule is CCc1nc(CN(CCOC)CCOC)cs1. The van der Waals surface area contributed by atoms with Crippen LogP contribution in [-0.4, -0.2) is 50.4 Å². The number of aryl methyl sites for hydroxylation is 1. The van der Waals surface area contributed by atoms with Gasteiger partial charge in [-0.25, -0.2) is 4.98 Å². The van der Waals surface area contributed by atoms with E-state index in [0.717, 1.165) is 45.0 Å². The zero-order valence-corrected chi connectivity index (χ0v) is 11.8. The van der Waals surface area contributed by atoms with Gasteiger partial charge in [0.1, 0.15) is 0 Å². The van der Waals surface area contributed by atoms with Crippen molar-refractivity contribution < 1.29 is 9.47 Å². The molecule has 0 aliphatic heterocycles. The molecule has 0 amide bonds. The molecule has 0 saturated carbocycles. The molecule has 0 aromatic carbocycles. The van der Waals surface area contributed by atoms with Gasteiger partial charge in [-0.05, 0) is 6.42 Å². The molecule has 0 atom stereocenters. The molecule has 4 nitrogen and oxygen atoms in total. The van der Waals surface area contributed by atoms with E-state index in [0.29, 0.717) is 0 Å².